The van der Waals surface area contributed by atoms with Crippen LogP contribution in [0.4, 0.5) is 13.2 Å². The van der Waals surface area contributed by atoms with Crippen molar-refractivity contribution in [3.8, 4) is 17.2 Å². The van der Waals surface area contributed by atoms with Gasteiger partial charge < -0.3 is 19.0 Å². The first-order valence-corrected chi connectivity index (χ1v) is 10.3. The van der Waals surface area contributed by atoms with Gasteiger partial charge in [0.25, 0.3) is 0 Å². The number of halogens is 3. The van der Waals surface area contributed by atoms with E-state index < -0.39 is 23.8 Å². The highest BCUT2D eigenvalue weighted by molar-refractivity contribution is 5.72. The van der Waals surface area contributed by atoms with Crippen LogP contribution in [0.1, 0.15) is 35.1 Å². The number of aliphatic carboxylic acids is 1. The van der Waals surface area contributed by atoms with Gasteiger partial charge in [-0.25, -0.2) is 9.78 Å². The van der Waals surface area contributed by atoms with Crippen LogP contribution < -0.4 is 4.74 Å². The second kappa shape index (κ2) is 10.1. The average Bonchev–Trinajstić information content (AvgIpc) is 3.13. The number of aromatic nitrogens is 1. The Hall–Kier alpha value is -3.33. The number of rotatable bonds is 9. The molecule has 0 amide bonds. The SMILES string of the molecule is CCO[C@@H](Cc1ccc(OCc2nc(-c3cccc(C(F)(F)F)c3)oc2C)cc1C)C(=O)O. The molecule has 1 atom stereocenters. The van der Waals surface area contributed by atoms with Gasteiger partial charge in [0.05, 0.1) is 5.56 Å². The standard InChI is InChI=1S/C24H24F3NO5/c1-4-31-21(23(29)30)12-16-8-9-19(10-14(16)2)32-13-20-15(3)33-22(28-20)17-6-5-7-18(11-17)24(25,26)27/h5-11,21H,4,12-13H2,1-3H3,(H,29,30)/t21-/m0/s1. The second-order valence-corrected chi connectivity index (χ2v) is 7.46. The van der Waals surface area contributed by atoms with Gasteiger partial charge in [0.2, 0.25) is 5.89 Å². The van der Waals surface area contributed by atoms with Crippen molar-refractivity contribution >= 4 is 5.97 Å². The minimum Gasteiger partial charge on any atom is -0.487 e. The number of hydrogen-bond acceptors (Lipinski definition) is 5. The van der Waals surface area contributed by atoms with E-state index in [0.717, 1.165) is 23.3 Å². The van der Waals surface area contributed by atoms with Gasteiger partial charge in [0.1, 0.15) is 23.8 Å². The number of hydrogen-bond donors (Lipinski definition) is 1. The molecule has 0 spiro atoms. The maximum Gasteiger partial charge on any atom is 0.416 e. The fraction of sp³-hybridized carbons (Fsp3) is 0.333. The summed E-state index contributed by atoms with van der Waals surface area (Å²) in [4.78, 5) is 15.6. The molecule has 9 heteroatoms. The van der Waals surface area contributed by atoms with Crippen LogP contribution in [-0.4, -0.2) is 28.8 Å². The van der Waals surface area contributed by atoms with Crippen LogP contribution in [0.15, 0.2) is 46.9 Å². The highest BCUT2D eigenvalue weighted by Crippen LogP contribution is 2.32. The Kier molecular flexibility index (Phi) is 7.43. The number of benzene rings is 2. The lowest BCUT2D eigenvalue weighted by atomic mass is 10.0. The number of carbonyl (C=O) groups is 1. The third-order valence-electron chi connectivity index (χ3n) is 5.07. The summed E-state index contributed by atoms with van der Waals surface area (Å²) in [5.74, 6) is 0.0494. The van der Waals surface area contributed by atoms with E-state index in [1.54, 1.807) is 32.0 Å². The van der Waals surface area contributed by atoms with E-state index in [1.807, 2.05) is 6.92 Å². The quantitative estimate of drug-likeness (QED) is 0.446. The van der Waals surface area contributed by atoms with Gasteiger partial charge in [0.15, 0.2) is 6.10 Å². The molecule has 1 aromatic heterocycles. The maximum absolute atomic E-state index is 13.0. The van der Waals surface area contributed by atoms with Crippen LogP contribution in [0, 0.1) is 13.8 Å². The van der Waals surface area contributed by atoms with E-state index in [9.17, 15) is 23.1 Å². The van der Waals surface area contributed by atoms with Crippen molar-refractivity contribution in [2.75, 3.05) is 6.61 Å². The molecule has 0 aliphatic heterocycles. The van der Waals surface area contributed by atoms with E-state index in [0.29, 0.717) is 23.8 Å². The number of ether oxygens (including phenoxy) is 2. The van der Waals surface area contributed by atoms with E-state index in [2.05, 4.69) is 4.98 Å². The summed E-state index contributed by atoms with van der Waals surface area (Å²) in [5.41, 5.74) is 1.58. The normalized spacial score (nSPS) is 12.5. The maximum atomic E-state index is 13.0. The van der Waals surface area contributed by atoms with Gasteiger partial charge in [-0.3, -0.25) is 0 Å². The molecule has 2 aromatic carbocycles. The lowest BCUT2D eigenvalue weighted by Crippen LogP contribution is -2.26. The zero-order chi connectivity index (χ0) is 24.2. The Labute approximate surface area is 189 Å². The minimum atomic E-state index is -4.46. The van der Waals surface area contributed by atoms with E-state index in [-0.39, 0.29) is 24.5 Å². The summed E-state index contributed by atoms with van der Waals surface area (Å²) in [5, 5.41) is 9.27. The van der Waals surface area contributed by atoms with Crippen molar-refractivity contribution in [1.29, 1.82) is 0 Å². The number of aryl methyl sites for hydroxylation is 2. The third-order valence-corrected chi connectivity index (χ3v) is 5.07. The highest BCUT2D eigenvalue weighted by Gasteiger charge is 2.31. The van der Waals surface area contributed by atoms with Crippen molar-refractivity contribution in [1.82, 2.24) is 4.98 Å². The molecular formula is C24H24F3NO5. The second-order valence-electron chi connectivity index (χ2n) is 7.46. The smallest absolute Gasteiger partial charge is 0.416 e. The molecule has 33 heavy (non-hydrogen) atoms. The zero-order valence-electron chi connectivity index (χ0n) is 18.4. The zero-order valence-corrected chi connectivity index (χ0v) is 18.4. The van der Waals surface area contributed by atoms with Crippen molar-refractivity contribution in [3.05, 3.63) is 70.6 Å². The lowest BCUT2D eigenvalue weighted by molar-refractivity contribution is -0.150. The summed E-state index contributed by atoms with van der Waals surface area (Å²) in [6, 6.07) is 10.1. The Morgan fingerprint density at radius 1 is 1.18 bits per heavy atom. The Balaban J connectivity index is 1.70. The Bertz CT molecular complexity index is 1120. The van der Waals surface area contributed by atoms with Gasteiger partial charge in [-0.2, -0.15) is 13.2 Å². The van der Waals surface area contributed by atoms with Crippen LogP contribution in [0.5, 0.6) is 5.75 Å². The molecule has 0 saturated carbocycles. The number of carboxylic acids is 1. The van der Waals surface area contributed by atoms with E-state index >= 15 is 0 Å². The number of alkyl halides is 3. The van der Waals surface area contributed by atoms with Crippen LogP contribution >= 0.6 is 0 Å². The molecule has 6 nitrogen and oxygen atoms in total. The molecule has 1 heterocycles. The average molecular weight is 463 g/mol. The number of carboxylic acid groups (broad SMARTS) is 1. The number of nitrogens with zero attached hydrogens (tertiary/aromatic N) is 1. The minimum absolute atomic E-state index is 0.0593. The van der Waals surface area contributed by atoms with E-state index in [4.69, 9.17) is 13.9 Å². The molecular weight excluding hydrogens is 439 g/mol. The molecule has 0 fully saturated rings. The third kappa shape index (κ3) is 6.13. The van der Waals surface area contributed by atoms with Crippen molar-refractivity contribution in [2.45, 2.75) is 46.1 Å². The first-order chi connectivity index (χ1) is 15.6. The largest absolute Gasteiger partial charge is 0.487 e. The fourth-order valence-electron chi connectivity index (χ4n) is 3.27. The monoisotopic (exact) mass is 463 g/mol. The van der Waals surface area contributed by atoms with Crippen molar-refractivity contribution < 1.29 is 37.0 Å². The molecule has 3 rings (SSSR count). The van der Waals surface area contributed by atoms with E-state index in [1.165, 1.54) is 12.1 Å². The molecule has 3 aromatic rings. The summed E-state index contributed by atoms with van der Waals surface area (Å²) >= 11 is 0. The molecule has 0 unspecified atom stereocenters. The predicted molar refractivity (Wildman–Crippen MR) is 114 cm³/mol. The summed E-state index contributed by atoms with van der Waals surface area (Å²) in [7, 11) is 0. The van der Waals surface area contributed by atoms with Gasteiger partial charge in [0, 0.05) is 18.6 Å². The molecule has 1 N–H and O–H groups in total. The van der Waals surface area contributed by atoms with Gasteiger partial charge in [-0.1, -0.05) is 12.1 Å². The molecule has 0 radical (unpaired) electrons. The van der Waals surface area contributed by atoms with Gasteiger partial charge in [-0.05, 0) is 62.2 Å². The van der Waals surface area contributed by atoms with Crippen LogP contribution in [0.25, 0.3) is 11.5 Å². The van der Waals surface area contributed by atoms with Gasteiger partial charge in [-0.15, -0.1) is 0 Å². The molecule has 0 saturated heterocycles. The predicted octanol–water partition coefficient (Wildman–Crippen LogP) is 5.59. The topological polar surface area (TPSA) is 81.8 Å². The highest BCUT2D eigenvalue weighted by atomic mass is 19.4. The van der Waals surface area contributed by atoms with Crippen LogP contribution in [0.2, 0.25) is 0 Å². The summed E-state index contributed by atoms with van der Waals surface area (Å²) < 4.78 is 55.5. The summed E-state index contributed by atoms with van der Waals surface area (Å²) in [6.45, 7) is 5.61. The van der Waals surface area contributed by atoms with Crippen molar-refractivity contribution in [3.63, 3.8) is 0 Å². The lowest BCUT2D eigenvalue weighted by Gasteiger charge is -2.15. The fourth-order valence-corrected chi connectivity index (χ4v) is 3.27. The first-order valence-electron chi connectivity index (χ1n) is 10.3. The Morgan fingerprint density at radius 2 is 1.94 bits per heavy atom. The molecule has 176 valence electrons. The summed E-state index contributed by atoms with van der Waals surface area (Å²) in [6.07, 6.45) is -5.15. The van der Waals surface area contributed by atoms with Gasteiger partial charge >= 0.3 is 12.1 Å². The number of oxazole rings is 1. The Morgan fingerprint density at radius 3 is 2.58 bits per heavy atom. The van der Waals surface area contributed by atoms with Crippen LogP contribution in [0.3, 0.4) is 0 Å². The first kappa shape index (κ1) is 24.3. The van der Waals surface area contributed by atoms with Crippen LogP contribution in [-0.2, 0) is 28.7 Å². The molecule has 0 bridgehead atoms. The van der Waals surface area contributed by atoms with Crippen molar-refractivity contribution in [2.24, 2.45) is 0 Å². The molecule has 0 aliphatic rings. The molecule has 0 aliphatic carbocycles.